The van der Waals surface area contributed by atoms with E-state index in [1.54, 1.807) is 6.20 Å². The Balaban J connectivity index is 1.67. The summed E-state index contributed by atoms with van der Waals surface area (Å²) < 4.78 is 8.37. The Labute approximate surface area is 170 Å². The van der Waals surface area contributed by atoms with Crippen molar-refractivity contribution in [1.29, 1.82) is 5.26 Å². The zero-order chi connectivity index (χ0) is 20.2. The molecule has 3 aromatic carbocycles. The van der Waals surface area contributed by atoms with E-state index in [0.29, 0.717) is 18.0 Å². The minimum atomic E-state index is 0.624. The second-order valence-electron chi connectivity index (χ2n) is 6.95. The summed E-state index contributed by atoms with van der Waals surface area (Å²) in [6.07, 6.45) is 1.76. The highest BCUT2D eigenvalue weighted by atomic mass is 16.5. The Bertz CT molecular complexity index is 1180. The van der Waals surface area contributed by atoms with Gasteiger partial charge >= 0.3 is 0 Å². The van der Waals surface area contributed by atoms with Crippen LogP contribution in [0.3, 0.4) is 0 Å². The van der Waals surface area contributed by atoms with E-state index >= 15 is 0 Å². The van der Waals surface area contributed by atoms with Crippen molar-refractivity contribution in [3.63, 3.8) is 0 Å². The lowest BCUT2D eigenvalue weighted by molar-refractivity contribution is 0.435. The van der Waals surface area contributed by atoms with E-state index < -0.39 is 0 Å². The van der Waals surface area contributed by atoms with Crippen molar-refractivity contribution >= 4 is 0 Å². The van der Waals surface area contributed by atoms with Crippen LogP contribution in [0.25, 0.3) is 11.1 Å². The van der Waals surface area contributed by atoms with Crippen LogP contribution in [-0.2, 0) is 6.54 Å². The number of aryl methyl sites for hydroxylation is 2. The fraction of sp³-hybridized carbons (Fsp3) is 0.120. The van der Waals surface area contributed by atoms with E-state index in [0.717, 1.165) is 28.3 Å². The molecule has 0 bridgehead atoms. The van der Waals surface area contributed by atoms with Crippen LogP contribution in [0, 0.1) is 25.2 Å². The van der Waals surface area contributed by atoms with Crippen LogP contribution in [0.5, 0.6) is 11.6 Å². The molecule has 4 rings (SSSR count). The number of benzene rings is 3. The standard InChI is InChI=1S/C25H21N3O/c1-18-7-3-4-8-22(18)23-9-5-6-10-24(23)29-25-16-27-19(2)28(25)17-21-13-11-20(15-26)12-14-21/h3-14,16H,17H2,1-2H3. The second-order valence-corrected chi connectivity index (χ2v) is 6.95. The first-order valence-electron chi connectivity index (χ1n) is 9.50. The summed E-state index contributed by atoms with van der Waals surface area (Å²) in [7, 11) is 0. The van der Waals surface area contributed by atoms with Gasteiger partial charge in [-0.1, -0.05) is 54.6 Å². The van der Waals surface area contributed by atoms with E-state index in [-0.39, 0.29) is 0 Å². The van der Waals surface area contributed by atoms with Crippen LogP contribution < -0.4 is 4.74 Å². The summed E-state index contributed by atoms with van der Waals surface area (Å²) in [6, 6.07) is 26.1. The van der Waals surface area contributed by atoms with Gasteiger partial charge < -0.3 is 4.74 Å². The lowest BCUT2D eigenvalue weighted by Crippen LogP contribution is -2.04. The highest BCUT2D eigenvalue weighted by molar-refractivity contribution is 5.73. The van der Waals surface area contributed by atoms with Gasteiger partial charge in [0.05, 0.1) is 24.4 Å². The lowest BCUT2D eigenvalue weighted by atomic mass is 10.00. The number of hydrogen-bond donors (Lipinski definition) is 0. The van der Waals surface area contributed by atoms with Gasteiger partial charge in [-0.2, -0.15) is 5.26 Å². The average molecular weight is 379 g/mol. The molecule has 0 radical (unpaired) electrons. The molecule has 0 aliphatic heterocycles. The molecule has 0 saturated heterocycles. The number of nitrogens with zero attached hydrogens (tertiary/aromatic N) is 3. The molecule has 0 unspecified atom stereocenters. The van der Waals surface area contributed by atoms with Crippen molar-refractivity contribution in [3.8, 4) is 28.8 Å². The van der Waals surface area contributed by atoms with E-state index in [1.807, 2.05) is 66.1 Å². The molecular weight excluding hydrogens is 358 g/mol. The van der Waals surface area contributed by atoms with Crippen molar-refractivity contribution in [2.45, 2.75) is 20.4 Å². The van der Waals surface area contributed by atoms with Gasteiger partial charge in [-0.25, -0.2) is 4.98 Å². The number of nitriles is 1. The fourth-order valence-corrected chi connectivity index (χ4v) is 3.35. The summed E-state index contributed by atoms with van der Waals surface area (Å²) in [5.74, 6) is 2.36. The van der Waals surface area contributed by atoms with Gasteiger partial charge in [0.15, 0.2) is 0 Å². The molecule has 142 valence electrons. The van der Waals surface area contributed by atoms with Gasteiger partial charge in [-0.05, 0) is 48.7 Å². The van der Waals surface area contributed by atoms with Crippen LogP contribution >= 0.6 is 0 Å². The smallest absolute Gasteiger partial charge is 0.220 e. The Morgan fingerprint density at radius 3 is 2.31 bits per heavy atom. The second kappa shape index (κ2) is 8.04. The Morgan fingerprint density at radius 1 is 0.897 bits per heavy atom. The molecule has 0 N–H and O–H groups in total. The largest absolute Gasteiger partial charge is 0.438 e. The van der Waals surface area contributed by atoms with E-state index in [1.165, 1.54) is 5.56 Å². The van der Waals surface area contributed by atoms with Crippen LogP contribution in [0.15, 0.2) is 79.0 Å². The molecule has 0 aliphatic carbocycles. The minimum absolute atomic E-state index is 0.624. The van der Waals surface area contributed by atoms with Gasteiger partial charge in [0.2, 0.25) is 5.88 Å². The van der Waals surface area contributed by atoms with Gasteiger partial charge in [-0.15, -0.1) is 0 Å². The molecule has 0 spiro atoms. The van der Waals surface area contributed by atoms with Crippen molar-refractivity contribution in [2.75, 3.05) is 0 Å². The first-order chi connectivity index (χ1) is 14.2. The summed E-state index contributed by atoms with van der Waals surface area (Å²) >= 11 is 0. The number of ether oxygens (including phenoxy) is 1. The number of aromatic nitrogens is 2. The molecule has 0 atom stereocenters. The monoisotopic (exact) mass is 379 g/mol. The molecule has 0 aliphatic rings. The first-order valence-corrected chi connectivity index (χ1v) is 9.50. The lowest BCUT2D eigenvalue weighted by Gasteiger charge is -2.15. The molecule has 29 heavy (non-hydrogen) atoms. The molecule has 1 heterocycles. The SMILES string of the molecule is Cc1ccccc1-c1ccccc1Oc1cnc(C)n1Cc1ccc(C#N)cc1. The molecule has 4 aromatic rings. The Hall–Kier alpha value is -3.84. The molecule has 0 fully saturated rings. The van der Waals surface area contributed by atoms with Crippen LogP contribution in [-0.4, -0.2) is 9.55 Å². The van der Waals surface area contributed by atoms with Gasteiger partial charge in [0, 0.05) is 5.56 Å². The van der Waals surface area contributed by atoms with Crippen molar-refractivity contribution in [3.05, 3.63) is 102 Å². The van der Waals surface area contributed by atoms with Crippen molar-refractivity contribution in [2.24, 2.45) is 0 Å². The first kappa shape index (κ1) is 18.5. The Morgan fingerprint density at radius 2 is 1.59 bits per heavy atom. The molecule has 0 saturated carbocycles. The molecule has 4 nitrogen and oxygen atoms in total. The van der Waals surface area contributed by atoms with Crippen molar-refractivity contribution < 1.29 is 4.74 Å². The number of para-hydroxylation sites is 1. The number of rotatable bonds is 5. The van der Waals surface area contributed by atoms with Crippen LogP contribution in [0.1, 0.15) is 22.5 Å². The van der Waals surface area contributed by atoms with Gasteiger partial charge in [0.1, 0.15) is 11.6 Å². The summed E-state index contributed by atoms with van der Waals surface area (Å²) in [5, 5.41) is 8.99. The third-order valence-corrected chi connectivity index (χ3v) is 4.98. The molecule has 0 amide bonds. The summed E-state index contributed by atoms with van der Waals surface area (Å²) in [6.45, 7) is 4.69. The maximum Gasteiger partial charge on any atom is 0.220 e. The highest BCUT2D eigenvalue weighted by Crippen LogP contribution is 2.35. The highest BCUT2D eigenvalue weighted by Gasteiger charge is 2.13. The van der Waals surface area contributed by atoms with Gasteiger partial charge in [-0.3, -0.25) is 4.57 Å². The van der Waals surface area contributed by atoms with Gasteiger partial charge in [0.25, 0.3) is 0 Å². The molecule has 1 aromatic heterocycles. The van der Waals surface area contributed by atoms with Crippen LogP contribution in [0.4, 0.5) is 0 Å². The van der Waals surface area contributed by atoms with Crippen LogP contribution in [0.2, 0.25) is 0 Å². The zero-order valence-corrected chi connectivity index (χ0v) is 16.5. The maximum absolute atomic E-state index is 8.99. The predicted octanol–water partition coefficient (Wildman–Crippen LogP) is 5.88. The third-order valence-electron chi connectivity index (χ3n) is 4.98. The summed E-state index contributed by atoms with van der Waals surface area (Å²) in [5.41, 5.74) is 5.14. The number of imidazole rings is 1. The topological polar surface area (TPSA) is 50.8 Å². The predicted molar refractivity (Wildman–Crippen MR) is 114 cm³/mol. The Kier molecular flexibility index (Phi) is 5.13. The quantitative estimate of drug-likeness (QED) is 0.435. The molecular formula is C25H21N3O. The van der Waals surface area contributed by atoms with E-state index in [4.69, 9.17) is 10.00 Å². The normalized spacial score (nSPS) is 10.5. The minimum Gasteiger partial charge on any atom is -0.438 e. The zero-order valence-electron chi connectivity index (χ0n) is 16.5. The number of hydrogen-bond acceptors (Lipinski definition) is 3. The maximum atomic E-state index is 8.99. The summed E-state index contributed by atoms with van der Waals surface area (Å²) in [4.78, 5) is 4.45. The van der Waals surface area contributed by atoms with E-state index in [9.17, 15) is 0 Å². The average Bonchev–Trinajstić information content (AvgIpc) is 3.09. The molecule has 4 heteroatoms. The van der Waals surface area contributed by atoms with Crippen molar-refractivity contribution in [1.82, 2.24) is 9.55 Å². The van der Waals surface area contributed by atoms with E-state index in [2.05, 4.69) is 36.2 Å². The fourth-order valence-electron chi connectivity index (χ4n) is 3.35. The third kappa shape index (κ3) is 3.90.